The summed E-state index contributed by atoms with van der Waals surface area (Å²) in [6.07, 6.45) is 6.50. The predicted octanol–water partition coefficient (Wildman–Crippen LogP) is 3.95. The molecule has 1 unspecified atom stereocenters. The summed E-state index contributed by atoms with van der Waals surface area (Å²) in [6.45, 7) is 14.8. The maximum atomic E-state index is 4.52. The lowest BCUT2D eigenvalue weighted by Crippen LogP contribution is -2.61. The van der Waals surface area contributed by atoms with Crippen molar-refractivity contribution in [2.75, 3.05) is 19.6 Å². The van der Waals surface area contributed by atoms with Crippen LogP contribution in [-0.2, 0) is 6.42 Å². The Balaban J connectivity index is 3.03. The molecule has 1 N–H and O–H groups in total. The molecule has 0 aliphatic carbocycles. The van der Waals surface area contributed by atoms with E-state index in [9.17, 15) is 0 Å². The Morgan fingerprint density at radius 3 is 2.29 bits per heavy atom. The Morgan fingerprint density at radius 2 is 1.86 bits per heavy atom. The van der Waals surface area contributed by atoms with Crippen molar-refractivity contribution >= 4 is 11.3 Å². The summed E-state index contributed by atoms with van der Waals surface area (Å²) in [5.74, 6) is 0. The Bertz CT molecular complexity index is 356. The van der Waals surface area contributed by atoms with Gasteiger partial charge in [-0.15, -0.1) is 11.3 Å². The molecule has 0 saturated carbocycles. The number of hydrogen-bond acceptors (Lipinski definition) is 4. The number of rotatable bonds is 11. The van der Waals surface area contributed by atoms with Crippen LogP contribution in [0.3, 0.4) is 0 Å². The van der Waals surface area contributed by atoms with Crippen molar-refractivity contribution in [3.63, 3.8) is 0 Å². The highest BCUT2D eigenvalue weighted by Crippen LogP contribution is 2.30. The molecular weight excluding hydrogens is 278 g/mol. The van der Waals surface area contributed by atoms with E-state index < -0.39 is 0 Å². The van der Waals surface area contributed by atoms with E-state index in [0.29, 0.717) is 6.04 Å². The summed E-state index contributed by atoms with van der Waals surface area (Å²) in [7, 11) is 0. The number of nitrogens with one attached hydrogen (secondary N) is 1. The Morgan fingerprint density at radius 1 is 1.19 bits per heavy atom. The minimum atomic E-state index is 0.227. The Kier molecular flexibility index (Phi) is 8.45. The van der Waals surface area contributed by atoms with Crippen molar-refractivity contribution in [1.29, 1.82) is 0 Å². The fourth-order valence-corrected chi connectivity index (χ4v) is 4.23. The van der Waals surface area contributed by atoms with Crippen molar-refractivity contribution in [3.8, 4) is 0 Å². The van der Waals surface area contributed by atoms with Crippen molar-refractivity contribution in [2.24, 2.45) is 0 Å². The molecule has 0 aliphatic rings. The van der Waals surface area contributed by atoms with Crippen LogP contribution in [-0.4, -0.2) is 41.1 Å². The second kappa shape index (κ2) is 9.54. The molecule has 0 spiro atoms. The molecule has 0 saturated heterocycles. The highest BCUT2D eigenvalue weighted by molar-refractivity contribution is 7.09. The molecule has 4 heteroatoms. The average molecular weight is 312 g/mol. The van der Waals surface area contributed by atoms with E-state index in [1.54, 1.807) is 11.3 Å². The van der Waals surface area contributed by atoms with Crippen molar-refractivity contribution in [1.82, 2.24) is 15.2 Å². The number of likely N-dealkylation sites (N-methyl/N-ethyl adjacent to an activating group) is 1. The minimum absolute atomic E-state index is 0.227. The number of aromatic nitrogens is 1. The molecule has 122 valence electrons. The second-order valence-electron chi connectivity index (χ2n) is 5.62. The topological polar surface area (TPSA) is 28.2 Å². The normalized spacial score (nSPS) is 13.8. The van der Waals surface area contributed by atoms with Crippen LogP contribution >= 0.6 is 11.3 Å². The van der Waals surface area contributed by atoms with Gasteiger partial charge in [-0.05, 0) is 38.9 Å². The van der Waals surface area contributed by atoms with Gasteiger partial charge in [0.1, 0.15) is 0 Å². The van der Waals surface area contributed by atoms with E-state index >= 15 is 0 Å². The van der Waals surface area contributed by atoms with E-state index in [-0.39, 0.29) is 5.54 Å². The van der Waals surface area contributed by atoms with Crippen LogP contribution < -0.4 is 5.32 Å². The van der Waals surface area contributed by atoms with Gasteiger partial charge >= 0.3 is 0 Å². The molecule has 1 heterocycles. The lowest BCUT2D eigenvalue weighted by atomic mass is 9.80. The van der Waals surface area contributed by atoms with E-state index in [1.165, 1.54) is 24.3 Å². The predicted molar refractivity (Wildman–Crippen MR) is 94.1 cm³/mol. The molecule has 1 atom stereocenters. The van der Waals surface area contributed by atoms with Gasteiger partial charge in [-0.25, -0.2) is 4.98 Å². The minimum Gasteiger partial charge on any atom is -0.312 e. The smallest absolute Gasteiger partial charge is 0.0941 e. The van der Waals surface area contributed by atoms with Crippen LogP contribution in [0.2, 0.25) is 0 Å². The largest absolute Gasteiger partial charge is 0.312 e. The molecule has 0 amide bonds. The van der Waals surface area contributed by atoms with Crippen LogP contribution in [0.4, 0.5) is 0 Å². The van der Waals surface area contributed by atoms with Crippen molar-refractivity contribution in [2.45, 2.75) is 71.9 Å². The van der Waals surface area contributed by atoms with Crippen LogP contribution in [0, 0.1) is 0 Å². The van der Waals surface area contributed by atoms with Crippen molar-refractivity contribution < 1.29 is 0 Å². The summed E-state index contributed by atoms with van der Waals surface area (Å²) < 4.78 is 0. The third kappa shape index (κ3) is 4.51. The zero-order valence-electron chi connectivity index (χ0n) is 14.5. The number of nitrogens with zero attached hydrogens (tertiary/aromatic N) is 2. The molecule has 21 heavy (non-hydrogen) atoms. The first kappa shape index (κ1) is 18.6. The molecule has 0 fully saturated rings. The first-order valence-corrected chi connectivity index (χ1v) is 9.43. The summed E-state index contributed by atoms with van der Waals surface area (Å²) in [6, 6.07) is 0.471. The van der Waals surface area contributed by atoms with Gasteiger partial charge in [0.2, 0.25) is 0 Å². The van der Waals surface area contributed by atoms with Gasteiger partial charge in [-0.1, -0.05) is 34.6 Å². The van der Waals surface area contributed by atoms with Gasteiger partial charge in [0, 0.05) is 29.6 Å². The number of thiazole rings is 1. The van der Waals surface area contributed by atoms with E-state index in [2.05, 4.69) is 55.2 Å². The first-order chi connectivity index (χ1) is 10.2. The molecule has 0 aliphatic heterocycles. The third-order valence-corrected chi connectivity index (χ3v) is 5.57. The van der Waals surface area contributed by atoms with Gasteiger partial charge in [0.15, 0.2) is 0 Å². The molecule has 3 nitrogen and oxygen atoms in total. The third-order valence-electron chi connectivity index (χ3n) is 4.77. The zero-order valence-corrected chi connectivity index (χ0v) is 15.3. The molecule has 0 radical (unpaired) electrons. The molecule has 0 aromatic carbocycles. The van der Waals surface area contributed by atoms with Gasteiger partial charge in [-0.2, -0.15) is 0 Å². The second-order valence-corrected chi connectivity index (χ2v) is 6.60. The van der Waals surface area contributed by atoms with Gasteiger partial charge in [-0.3, -0.25) is 4.90 Å². The molecule has 0 bridgehead atoms. The summed E-state index contributed by atoms with van der Waals surface area (Å²) in [4.78, 5) is 7.16. The number of hydrogen-bond donors (Lipinski definition) is 1. The fraction of sp³-hybridized carbons (Fsp3) is 0.824. The average Bonchev–Trinajstić information content (AvgIpc) is 3.02. The molecular formula is C17H33N3S. The summed E-state index contributed by atoms with van der Waals surface area (Å²) in [5, 5.41) is 7.16. The highest BCUT2D eigenvalue weighted by Gasteiger charge is 2.39. The van der Waals surface area contributed by atoms with Gasteiger partial charge in [0.05, 0.1) is 5.01 Å². The van der Waals surface area contributed by atoms with Gasteiger partial charge < -0.3 is 5.32 Å². The lowest BCUT2D eigenvalue weighted by molar-refractivity contribution is 0.0492. The quantitative estimate of drug-likeness (QED) is 0.670. The fourth-order valence-electron chi connectivity index (χ4n) is 3.56. The van der Waals surface area contributed by atoms with Crippen LogP contribution in [0.5, 0.6) is 0 Å². The van der Waals surface area contributed by atoms with Crippen LogP contribution in [0.25, 0.3) is 0 Å². The summed E-state index contributed by atoms with van der Waals surface area (Å²) >= 11 is 1.78. The van der Waals surface area contributed by atoms with Gasteiger partial charge in [0.25, 0.3) is 0 Å². The Hall–Kier alpha value is -0.450. The first-order valence-electron chi connectivity index (χ1n) is 8.55. The van der Waals surface area contributed by atoms with E-state index in [0.717, 1.165) is 26.1 Å². The molecule has 1 rings (SSSR count). The van der Waals surface area contributed by atoms with Crippen molar-refractivity contribution in [3.05, 3.63) is 16.6 Å². The van der Waals surface area contributed by atoms with E-state index in [4.69, 9.17) is 0 Å². The summed E-state index contributed by atoms with van der Waals surface area (Å²) in [5.41, 5.74) is 0.227. The maximum Gasteiger partial charge on any atom is 0.0941 e. The monoisotopic (exact) mass is 311 g/mol. The standard InChI is InChI=1S/C17H33N3S/c1-6-11-18-15(14-16-19-12-13-21-16)17(7-2,8-3)20(9-4)10-5/h12-13,15,18H,6-11,14H2,1-5H3. The lowest BCUT2D eigenvalue weighted by Gasteiger charge is -2.48. The molecule has 1 aromatic heterocycles. The Labute approximate surface area is 135 Å². The van der Waals surface area contributed by atoms with Crippen LogP contribution in [0.1, 0.15) is 58.9 Å². The highest BCUT2D eigenvalue weighted by atomic mass is 32.1. The van der Waals surface area contributed by atoms with Crippen LogP contribution in [0.15, 0.2) is 11.6 Å². The maximum absolute atomic E-state index is 4.52. The van der Waals surface area contributed by atoms with E-state index in [1.807, 2.05) is 6.20 Å². The SMILES string of the molecule is CCCNC(Cc1nccs1)C(CC)(CC)N(CC)CC. The zero-order chi connectivity index (χ0) is 15.7. The molecule has 1 aromatic rings.